The van der Waals surface area contributed by atoms with Gasteiger partial charge in [-0.1, -0.05) is 29.8 Å². The summed E-state index contributed by atoms with van der Waals surface area (Å²) in [5.41, 5.74) is 1.81. The predicted molar refractivity (Wildman–Crippen MR) is 101 cm³/mol. The van der Waals surface area contributed by atoms with Crippen LogP contribution in [0, 0.1) is 5.92 Å². The Kier molecular flexibility index (Phi) is 6.31. The molecule has 1 fully saturated rings. The van der Waals surface area contributed by atoms with Crippen LogP contribution >= 0.6 is 11.6 Å². The molecule has 2 N–H and O–H groups in total. The highest BCUT2D eigenvalue weighted by atomic mass is 35.5. The molecule has 1 atom stereocenters. The molecule has 0 aromatic heterocycles. The third kappa shape index (κ3) is 5.76. The van der Waals surface area contributed by atoms with E-state index in [0.29, 0.717) is 24.0 Å². The molecule has 2 aromatic rings. The summed E-state index contributed by atoms with van der Waals surface area (Å²) < 4.78 is 5.79. The first kappa shape index (κ1) is 17.8. The number of carbonyl (C=O) groups excluding carboxylic acids is 1. The van der Waals surface area contributed by atoms with Gasteiger partial charge in [-0.15, -0.1) is 0 Å². The highest BCUT2D eigenvalue weighted by Gasteiger charge is 2.15. The minimum Gasteiger partial charge on any atom is -0.489 e. The van der Waals surface area contributed by atoms with E-state index in [1.807, 2.05) is 48.5 Å². The molecule has 1 aliphatic rings. The van der Waals surface area contributed by atoms with E-state index < -0.39 is 0 Å². The van der Waals surface area contributed by atoms with Gasteiger partial charge in [-0.05, 0) is 61.7 Å². The lowest BCUT2D eigenvalue weighted by atomic mass is 10.0. The standard InChI is InChI=1S/C20H23ClN2O2/c21-17-7-4-16(5-8-17)14-25-19-3-1-2-18(12-19)23-20(24)9-6-15-10-11-22-13-15/h1-5,7-8,12,15,22H,6,9-11,13-14H2,(H,23,24). The molecule has 1 saturated heterocycles. The molecular formula is C20H23ClN2O2. The Balaban J connectivity index is 1.48. The molecule has 4 nitrogen and oxygen atoms in total. The van der Waals surface area contributed by atoms with Crippen LogP contribution in [0.15, 0.2) is 48.5 Å². The van der Waals surface area contributed by atoms with E-state index in [1.54, 1.807) is 0 Å². The maximum atomic E-state index is 12.1. The normalized spacial score (nSPS) is 16.6. The number of carbonyl (C=O) groups is 1. The molecule has 0 aliphatic carbocycles. The highest BCUT2D eigenvalue weighted by molar-refractivity contribution is 6.30. The topological polar surface area (TPSA) is 50.4 Å². The summed E-state index contributed by atoms with van der Waals surface area (Å²) in [7, 11) is 0. The van der Waals surface area contributed by atoms with Gasteiger partial charge in [0.05, 0.1) is 0 Å². The first-order valence-corrected chi connectivity index (χ1v) is 9.05. The van der Waals surface area contributed by atoms with Crippen molar-refractivity contribution in [1.29, 1.82) is 0 Å². The number of halogens is 1. The quantitative estimate of drug-likeness (QED) is 0.778. The monoisotopic (exact) mass is 358 g/mol. The number of nitrogens with one attached hydrogen (secondary N) is 2. The van der Waals surface area contributed by atoms with Crippen LogP contribution in [0.2, 0.25) is 5.02 Å². The van der Waals surface area contributed by atoms with Crippen molar-refractivity contribution in [3.05, 3.63) is 59.1 Å². The first-order valence-electron chi connectivity index (χ1n) is 8.67. The molecule has 2 aromatic carbocycles. The van der Waals surface area contributed by atoms with Gasteiger partial charge in [0, 0.05) is 23.2 Å². The third-order valence-corrected chi connectivity index (χ3v) is 4.63. The van der Waals surface area contributed by atoms with Gasteiger partial charge in [-0.3, -0.25) is 4.79 Å². The van der Waals surface area contributed by atoms with E-state index in [2.05, 4.69) is 10.6 Å². The minimum atomic E-state index is 0.0572. The van der Waals surface area contributed by atoms with Gasteiger partial charge in [-0.2, -0.15) is 0 Å². The molecular weight excluding hydrogens is 336 g/mol. The highest BCUT2D eigenvalue weighted by Crippen LogP contribution is 2.20. The average Bonchev–Trinajstić information content (AvgIpc) is 3.13. The fourth-order valence-electron chi connectivity index (χ4n) is 2.93. The molecule has 0 radical (unpaired) electrons. The summed E-state index contributed by atoms with van der Waals surface area (Å²) >= 11 is 5.88. The van der Waals surface area contributed by atoms with Crippen molar-refractivity contribution in [3.8, 4) is 5.75 Å². The van der Waals surface area contributed by atoms with Crippen molar-refractivity contribution < 1.29 is 9.53 Å². The van der Waals surface area contributed by atoms with Crippen LogP contribution in [0.5, 0.6) is 5.75 Å². The van der Waals surface area contributed by atoms with Gasteiger partial charge in [0.15, 0.2) is 0 Å². The second-order valence-corrected chi connectivity index (χ2v) is 6.83. The van der Waals surface area contributed by atoms with Crippen LogP contribution in [0.3, 0.4) is 0 Å². The number of benzene rings is 2. The van der Waals surface area contributed by atoms with E-state index in [1.165, 1.54) is 6.42 Å². The van der Waals surface area contributed by atoms with Crippen LogP contribution in [0.1, 0.15) is 24.8 Å². The summed E-state index contributed by atoms with van der Waals surface area (Å²) in [5, 5.41) is 6.99. The number of anilines is 1. The van der Waals surface area contributed by atoms with E-state index in [-0.39, 0.29) is 5.91 Å². The molecule has 25 heavy (non-hydrogen) atoms. The summed E-state index contributed by atoms with van der Waals surface area (Å²) in [5.74, 6) is 1.41. The Labute approximate surface area is 153 Å². The van der Waals surface area contributed by atoms with Crippen LogP contribution in [-0.4, -0.2) is 19.0 Å². The van der Waals surface area contributed by atoms with Gasteiger partial charge < -0.3 is 15.4 Å². The van der Waals surface area contributed by atoms with Crippen molar-refractivity contribution in [1.82, 2.24) is 5.32 Å². The van der Waals surface area contributed by atoms with E-state index in [4.69, 9.17) is 16.3 Å². The lowest BCUT2D eigenvalue weighted by Gasteiger charge is -2.11. The summed E-state index contributed by atoms with van der Waals surface area (Å²) in [4.78, 5) is 12.1. The van der Waals surface area contributed by atoms with E-state index in [0.717, 1.165) is 36.5 Å². The molecule has 0 bridgehead atoms. The molecule has 1 amide bonds. The first-order chi connectivity index (χ1) is 12.2. The number of rotatable bonds is 7. The van der Waals surface area contributed by atoms with Crippen molar-refractivity contribution >= 4 is 23.2 Å². The Morgan fingerprint density at radius 2 is 2.08 bits per heavy atom. The fourth-order valence-corrected chi connectivity index (χ4v) is 3.06. The lowest BCUT2D eigenvalue weighted by Crippen LogP contribution is -2.15. The van der Waals surface area contributed by atoms with E-state index >= 15 is 0 Å². The molecule has 0 saturated carbocycles. The second-order valence-electron chi connectivity index (χ2n) is 6.39. The van der Waals surface area contributed by atoms with E-state index in [9.17, 15) is 4.79 Å². The van der Waals surface area contributed by atoms with Crippen molar-refractivity contribution in [2.75, 3.05) is 18.4 Å². The van der Waals surface area contributed by atoms with Crippen molar-refractivity contribution in [2.24, 2.45) is 5.92 Å². The van der Waals surface area contributed by atoms with Crippen LogP contribution in [0.4, 0.5) is 5.69 Å². The maximum Gasteiger partial charge on any atom is 0.224 e. The summed E-state index contributed by atoms with van der Waals surface area (Å²) in [6, 6.07) is 15.1. The zero-order valence-corrected chi connectivity index (χ0v) is 14.9. The molecule has 1 aliphatic heterocycles. The molecule has 132 valence electrons. The molecule has 1 unspecified atom stereocenters. The largest absolute Gasteiger partial charge is 0.489 e. The van der Waals surface area contributed by atoms with Crippen molar-refractivity contribution in [3.63, 3.8) is 0 Å². The van der Waals surface area contributed by atoms with Crippen molar-refractivity contribution in [2.45, 2.75) is 25.9 Å². The van der Waals surface area contributed by atoms with Gasteiger partial charge in [0.25, 0.3) is 0 Å². The number of hydrogen-bond donors (Lipinski definition) is 2. The smallest absolute Gasteiger partial charge is 0.224 e. The zero-order chi connectivity index (χ0) is 17.5. The van der Waals surface area contributed by atoms with Crippen LogP contribution < -0.4 is 15.4 Å². The van der Waals surface area contributed by atoms with Gasteiger partial charge in [-0.25, -0.2) is 0 Å². The molecule has 5 heteroatoms. The minimum absolute atomic E-state index is 0.0572. The lowest BCUT2D eigenvalue weighted by molar-refractivity contribution is -0.116. The zero-order valence-electron chi connectivity index (χ0n) is 14.1. The number of ether oxygens (including phenoxy) is 1. The fraction of sp³-hybridized carbons (Fsp3) is 0.350. The van der Waals surface area contributed by atoms with Gasteiger partial charge >= 0.3 is 0 Å². The Hall–Kier alpha value is -2.04. The average molecular weight is 359 g/mol. The maximum absolute atomic E-state index is 12.1. The summed E-state index contributed by atoms with van der Waals surface area (Å²) in [6.07, 6.45) is 2.66. The number of hydrogen-bond acceptors (Lipinski definition) is 3. The SMILES string of the molecule is O=C(CCC1CCNC1)Nc1cccc(OCc2ccc(Cl)cc2)c1. The number of amides is 1. The van der Waals surface area contributed by atoms with Gasteiger partial charge in [0.2, 0.25) is 5.91 Å². The Bertz CT molecular complexity index is 697. The van der Waals surface area contributed by atoms with Gasteiger partial charge in [0.1, 0.15) is 12.4 Å². The Morgan fingerprint density at radius 1 is 1.24 bits per heavy atom. The molecule has 1 heterocycles. The van der Waals surface area contributed by atoms with Crippen LogP contribution in [-0.2, 0) is 11.4 Å². The second kappa shape index (κ2) is 8.88. The predicted octanol–water partition coefficient (Wildman–Crippen LogP) is 4.25. The molecule has 0 spiro atoms. The third-order valence-electron chi connectivity index (χ3n) is 4.38. The Morgan fingerprint density at radius 3 is 2.84 bits per heavy atom. The van der Waals surface area contributed by atoms with Crippen LogP contribution in [0.25, 0.3) is 0 Å². The summed E-state index contributed by atoms with van der Waals surface area (Å²) in [6.45, 7) is 2.56. The molecule has 3 rings (SSSR count).